The topological polar surface area (TPSA) is 82.1 Å². The SMILES string of the molecule is COC(=O)CCCc1cccc2c1O[C@H]1C[C@@H](OC(C)=O)[C@H](CO)C21. The van der Waals surface area contributed by atoms with Crippen LogP contribution in [0.2, 0.25) is 0 Å². The molecule has 1 aromatic carbocycles. The van der Waals surface area contributed by atoms with Gasteiger partial charge in [-0.2, -0.15) is 0 Å². The number of ether oxygens (including phenoxy) is 3. The molecule has 0 saturated heterocycles. The summed E-state index contributed by atoms with van der Waals surface area (Å²) in [5.74, 6) is 0.197. The summed E-state index contributed by atoms with van der Waals surface area (Å²) < 4.78 is 16.2. The van der Waals surface area contributed by atoms with E-state index in [0.717, 1.165) is 23.3 Å². The van der Waals surface area contributed by atoms with Crippen LogP contribution in [0.1, 0.15) is 43.2 Å². The van der Waals surface area contributed by atoms with Crippen LogP contribution < -0.4 is 4.74 Å². The van der Waals surface area contributed by atoms with Crippen molar-refractivity contribution >= 4 is 11.9 Å². The molecule has 1 heterocycles. The molecule has 1 N–H and O–H groups in total. The van der Waals surface area contributed by atoms with E-state index in [4.69, 9.17) is 9.47 Å². The molecular weight excluding hydrogens is 324 g/mol. The van der Waals surface area contributed by atoms with Gasteiger partial charge in [0.2, 0.25) is 0 Å². The number of hydrogen-bond donors (Lipinski definition) is 1. The van der Waals surface area contributed by atoms with Crippen molar-refractivity contribution in [2.75, 3.05) is 13.7 Å². The van der Waals surface area contributed by atoms with E-state index in [0.29, 0.717) is 19.3 Å². The molecule has 1 aliphatic heterocycles. The van der Waals surface area contributed by atoms with Crippen molar-refractivity contribution in [1.82, 2.24) is 0 Å². The van der Waals surface area contributed by atoms with Crippen LogP contribution in [-0.4, -0.2) is 43.0 Å². The van der Waals surface area contributed by atoms with E-state index in [2.05, 4.69) is 4.74 Å². The highest BCUT2D eigenvalue weighted by molar-refractivity contribution is 5.69. The highest BCUT2D eigenvalue weighted by atomic mass is 16.6. The van der Waals surface area contributed by atoms with Crippen molar-refractivity contribution in [3.8, 4) is 5.75 Å². The number of aliphatic hydroxyl groups excluding tert-OH is 1. The fraction of sp³-hybridized carbons (Fsp3) is 0.579. The second-order valence-corrected chi connectivity index (χ2v) is 6.68. The zero-order chi connectivity index (χ0) is 18.0. The third-order valence-electron chi connectivity index (χ3n) is 5.14. The number of benzene rings is 1. The molecule has 2 aliphatic rings. The molecule has 6 nitrogen and oxygen atoms in total. The summed E-state index contributed by atoms with van der Waals surface area (Å²) in [6.07, 6.45) is 2.00. The van der Waals surface area contributed by atoms with Crippen LogP contribution >= 0.6 is 0 Å². The monoisotopic (exact) mass is 348 g/mol. The van der Waals surface area contributed by atoms with Gasteiger partial charge in [0.05, 0.1) is 13.7 Å². The van der Waals surface area contributed by atoms with Crippen molar-refractivity contribution in [1.29, 1.82) is 0 Å². The van der Waals surface area contributed by atoms with E-state index in [-0.39, 0.29) is 42.6 Å². The van der Waals surface area contributed by atoms with E-state index in [1.54, 1.807) is 0 Å². The van der Waals surface area contributed by atoms with E-state index in [1.165, 1.54) is 14.0 Å². The van der Waals surface area contributed by atoms with Crippen LogP contribution in [-0.2, 0) is 25.5 Å². The quantitative estimate of drug-likeness (QED) is 0.792. The normalized spacial score (nSPS) is 26.5. The summed E-state index contributed by atoms with van der Waals surface area (Å²) in [7, 11) is 1.39. The van der Waals surface area contributed by atoms with Crippen molar-refractivity contribution in [3.05, 3.63) is 29.3 Å². The Morgan fingerprint density at radius 3 is 2.84 bits per heavy atom. The predicted octanol–water partition coefficient (Wildman–Crippen LogP) is 1.97. The predicted molar refractivity (Wildman–Crippen MR) is 89.3 cm³/mol. The molecule has 0 aromatic heterocycles. The Morgan fingerprint density at radius 2 is 2.16 bits per heavy atom. The molecule has 0 spiro atoms. The second-order valence-electron chi connectivity index (χ2n) is 6.68. The van der Waals surface area contributed by atoms with Crippen molar-refractivity contribution in [2.24, 2.45) is 5.92 Å². The van der Waals surface area contributed by atoms with Crippen LogP contribution in [0.15, 0.2) is 18.2 Å². The molecule has 136 valence electrons. The molecule has 0 radical (unpaired) electrons. The highest BCUT2D eigenvalue weighted by Crippen LogP contribution is 2.52. The van der Waals surface area contributed by atoms with E-state index >= 15 is 0 Å². The number of fused-ring (bicyclic) bond motifs is 3. The number of esters is 2. The third-order valence-corrected chi connectivity index (χ3v) is 5.14. The fourth-order valence-electron chi connectivity index (χ4n) is 4.07. The molecule has 1 saturated carbocycles. The van der Waals surface area contributed by atoms with Crippen LogP contribution in [0.5, 0.6) is 5.75 Å². The Bertz CT molecular complexity index is 655. The van der Waals surface area contributed by atoms with Gasteiger partial charge >= 0.3 is 11.9 Å². The average molecular weight is 348 g/mol. The minimum Gasteiger partial charge on any atom is -0.489 e. The summed E-state index contributed by atoms with van der Waals surface area (Å²) in [6.45, 7) is 1.34. The summed E-state index contributed by atoms with van der Waals surface area (Å²) >= 11 is 0. The maximum Gasteiger partial charge on any atom is 0.305 e. The number of carbonyl (C=O) groups excluding carboxylic acids is 2. The number of methoxy groups -OCH3 is 1. The Morgan fingerprint density at radius 1 is 1.36 bits per heavy atom. The lowest BCUT2D eigenvalue weighted by Crippen LogP contribution is -2.26. The van der Waals surface area contributed by atoms with Gasteiger partial charge in [0, 0.05) is 37.2 Å². The van der Waals surface area contributed by atoms with Gasteiger partial charge < -0.3 is 19.3 Å². The molecule has 6 heteroatoms. The lowest BCUT2D eigenvalue weighted by Gasteiger charge is -2.21. The molecule has 0 bridgehead atoms. The highest BCUT2D eigenvalue weighted by Gasteiger charge is 2.51. The summed E-state index contributed by atoms with van der Waals surface area (Å²) in [4.78, 5) is 22.6. The molecule has 4 atom stereocenters. The zero-order valence-electron chi connectivity index (χ0n) is 14.6. The molecule has 3 rings (SSSR count). The van der Waals surface area contributed by atoms with Crippen LogP contribution in [0.4, 0.5) is 0 Å². The van der Waals surface area contributed by atoms with Gasteiger partial charge in [-0.25, -0.2) is 0 Å². The number of aryl methyl sites for hydroxylation is 1. The molecule has 1 unspecified atom stereocenters. The second kappa shape index (κ2) is 7.44. The Kier molecular flexibility index (Phi) is 5.27. The summed E-state index contributed by atoms with van der Waals surface area (Å²) in [5.41, 5.74) is 2.13. The first-order valence-electron chi connectivity index (χ1n) is 8.68. The average Bonchev–Trinajstić information content (AvgIpc) is 3.09. The van der Waals surface area contributed by atoms with Crippen molar-refractivity contribution < 1.29 is 28.9 Å². The van der Waals surface area contributed by atoms with E-state index in [9.17, 15) is 14.7 Å². The number of carbonyl (C=O) groups is 2. The van der Waals surface area contributed by atoms with Gasteiger partial charge in [0.1, 0.15) is 18.0 Å². The lowest BCUT2D eigenvalue weighted by atomic mass is 9.87. The third kappa shape index (κ3) is 3.49. The van der Waals surface area contributed by atoms with Gasteiger partial charge in [-0.05, 0) is 18.4 Å². The molecule has 1 aliphatic carbocycles. The number of hydrogen-bond acceptors (Lipinski definition) is 6. The first-order valence-corrected chi connectivity index (χ1v) is 8.68. The van der Waals surface area contributed by atoms with Crippen molar-refractivity contribution in [2.45, 2.75) is 50.7 Å². The molecular formula is C19H24O6. The maximum absolute atomic E-state index is 11.3. The fourth-order valence-corrected chi connectivity index (χ4v) is 4.07. The molecule has 0 amide bonds. The first-order chi connectivity index (χ1) is 12.0. The zero-order valence-corrected chi connectivity index (χ0v) is 14.6. The Hall–Kier alpha value is -2.08. The lowest BCUT2D eigenvalue weighted by molar-refractivity contribution is -0.149. The molecule has 25 heavy (non-hydrogen) atoms. The maximum atomic E-state index is 11.3. The van der Waals surface area contributed by atoms with Gasteiger partial charge in [-0.1, -0.05) is 18.2 Å². The van der Waals surface area contributed by atoms with Gasteiger partial charge in [0.25, 0.3) is 0 Å². The minimum atomic E-state index is -0.333. The number of rotatable bonds is 6. The molecule has 1 fully saturated rings. The van der Waals surface area contributed by atoms with Gasteiger partial charge in [0.15, 0.2) is 0 Å². The van der Waals surface area contributed by atoms with E-state index in [1.807, 2.05) is 18.2 Å². The first kappa shape index (κ1) is 17.7. The van der Waals surface area contributed by atoms with Crippen molar-refractivity contribution in [3.63, 3.8) is 0 Å². The Balaban J connectivity index is 1.76. The minimum absolute atomic E-state index is 0.0323. The Labute approximate surface area is 147 Å². The molecule has 1 aromatic rings. The smallest absolute Gasteiger partial charge is 0.305 e. The largest absolute Gasteiger partial charge is 0.489 e. The van der Waals surface area contributed by atoms with Gasteiger partial charge in [-0.3, -0.25) is 9.59 Å². The summed E-state index contributed by atoms with van der Waals surface area (Å²) in [6, 6.07) is 6.00. The van der Waals surface area contributed by atoms with E-state index < -0.39 is 0 Å². The summed E-state index contributed by atoms with van der Waals surface area (Å²) in [5, 5.41) is 9.82. The van der Waals surface area contributed by atoms with Gasteiger partial charge in [-0.15, -0.1) is 0 Å². The van der Waals surface area contributed by atoms with Crippen LogP contribution in [0.3, 0.4) is 0 Å². The number of aliphatic hydroxyl groups is 1. The van der Waals surface area contributed by atoms with Crippen LogP contribution in [0, 0.1) is 5.92 Å². The number of para-hydroxylation sites is 1. The standard InChI is InChI=1S/C19H24O6/c1-11(21)24-15-9-16-18(14(15)10-20)13-7-3-5-12(19(13)25-16)6-4-8-17(22)23-2/h3,5,7,14-16,18,20H,4,6,8-10H2,1-2H3/t14-,15+,16-,18?/m0/s1. The van der Waals surface area contributed by atoms with Crippen LogP contribution in [0.25, 0.3) is 0 Å².